The van der Waals surface area contributed by atoms with Crippen LogP contribution >= 0.6 is 35.0 Å². The largest absolute Gasteiger partial charge is 0.383 e. The highest BCUT2D eigenvalue weighted by Crippen LogP contribution is 2.29. The van der Waals surface area contributed by atoms with E-state index in [1.165, 1.54) is 11.8 Å². The van der Waals surface area contributed by atoms with Gasteiger partial charge in [-0.2, -0.15) is 5.10 Å². The smallest absolute Gasteiger partial charge is 0.239 e. The van der Waals surface area contributed by atoms with Crippen LogP contribution in [0.25, 0.3) is 0 Å². The third-order valence-electron chi connectivity index (χ3n) is 4.24. The maximum Gasteiger partial charge on any atom is 0.239 e. The van der Waals surface area contributed by atoms with E-state index in [0.29, 0.717) is 40.7 Å². The van der Waals surface area contributed by atoms with E-state index in [1.807, 2.05) is 30.7 Å². The van der Waals surface area contributed by atoms with Gasteiger partial charge in [0.25, 0.3) is 0 Å². The molecule has 3 rings (SSSR count). The Morgan fingerprint density at radius 1 is 1.30 bits per heavy atom. The second kappa shape index (κ2) is 8.65. The van der Waals surface area contributed by atoms with Gasteiger partial charge in [0.1, 0.15) is 5.69 Å². The van der Waals surface area contributed by atoms with E-state index in [4.69, 9.17) is 32.9 Å². The van der Waals surface area contributed by atoms with Crippen LogP contribution in [0.2, 0.25) is 10.0 Å². The van der Waals surface area contributed by atoms with Gasteiger partial charge in [-0.15, -0.1) is 0 Å². The first kappa shape index (κ1) is 20.2. The van der Waals surface area contributed by atoms with Crippen molar-refractivity contribution in [2.24, 2.45) is 4.99 Å². The van der Waals surface area contributed by atoms with Gasteiger partial charge in [0.2, 0.25) is 5.91 Å². The molecule has 0 unspecified atom stereocenters. The van der Waals surface area contributed by atoms with Crippen LogP contribution < -0.4 is 0 Å². The summed E-state index contributed by atoms with van der Waals surface area (Å²) in [4.78, 5) is 18.5. The minimum Gasteiger partial charge on any atom is -0.383 e. The Kier molecular flexibility index (Phi) is 6.47. The summed E-state index contributed by atoms with van der Waals surface area (Å²) in [7, 11) is 1.62. The van der Waals surface area contributed by atoms with Gasteiger partial charge in [-0.25, -0.2) is 4.99 Å². The Labute approximate surface area is 172 Å². The second-order valence-corrected chi connectivity index (χ2v) is 7.90. The third-order valence-corrected chi connectivity index (χ3v) is 5.94. The highest BCUT2D eigenvalue weighted by atomic mass is 35.5. The number of rotatable bonds is 6. The molecular weight excluding hydrogens is 407 g/mol. The average molecular weight is 427 g/mol. The fraction of sp³-hybridized carbons (Fsp3) is 0.389. The SMILES string of the molecule is COCCN1C(=O)CSC1=Nc1c(C)nn(Cc2ccc(Cl)c(Cl)c2)c1C. The number of amidine groups is 1. The molecule has 2 heterocycles. The Hall–Kier alpha value is -1.54. The molecule has 1 aliphatic heterocycles. The summed E-state index contributed by atoms with van der Waals surface area (Å²) in [5.74, 6) is 0.451. The molecular formula is C18H20Cl2N4O2S. The van der Waals surface area contributed by atoms with Crippen molar-refractivity contribution in [3.05, 3.63) is 45.2 Å². The summed E-state index contributed by atoms with van der Waals surface area (Å²) in [6.45, 7) is 5.42. The molecule has 6 nitrogen and oxygen atoms in total. The van der Waals surface area contributed by atoms with Crippen LogP contribution in [0.15, 0.2) is 23.2 Å². The first-order valence-electron chi connectivity index (χ1n) is 8.39. The van der Waals surface area contributed by atoms with Crippen molar-refractivity contribution >= 4 is 51.7 Å². The topological polar surface area (TPSA) is 59.7 Å². The maximum absolute atomic E-state index is 12.1. The van der Waals surface area contributed by atoms with Gasteiger partial charge < -0.3 is 4.74 Å². The number of nitrogens with zero attached hydrogens (tertiary/aromatic N) is 4. The monoisotopic (exact) mass is 426 g/mol. The van der Waals surface area contributed by atoms with Crippen LogP contribution in [-0.4, -0.2) is 51.8 Å². The van der Waals surface area contributed by atoms with Crippen molar-refractivity contribution < 1.29 is 9.53 Å². The zero-order valence-electron chi connectivity index (χ0n) is 15.3. The van der Waals surface area contributed by atoms with Gasteiger partial charge >= 0.3 is 0 Å². The third kappa shape index (κ3) is 4.48. The molecule has 9 heteroatoms. The first-order valence-corrected chi connectivity index (χ1v) is 10.1. The normalized spacial score (nSPS) is 16.0. The summed E-state index contributed by atoms with van der Waals surface area (Å²) in [6, 6.07) is 5.54. The lowest BCUT2D eigenvalue weighted by Crippen LogP contribution is -2.32. The predicted octanol–water partition coefficient (Wildman–Crippen LogP) is 4.06. The molecule has 1 amide bonds. The van der Waals surface area contributed by atoms with Crippen molar-refractivity contribution in [2.75, 3.05) is 26.0 Å². The number of carbonyl (C=O) groups is 1. The lowest BCUT2D eigenvalue weighted by molar-refractivity contribution is -0.124. The van der Waals surface area contributed by atoms with Gasteiger partial charge in [-0.3, -0.25) is 14.4 Å². The number of aryl methyl sites for hydroxylation is 1. The fourth-order valence-corrected chi connectivity index (χ4v) is 4.03. The number of aliphatic imine (C=N–C) groups is 1. The highest BCUT2D eigenvalue weighted by molar-refractivity contribution is 8.15. The van der Waals surface area contributed by atoms with Gasteiger partial charge in [-0.1, -0.05) is 41.0 Å². The molecule has 1 aromatic carbocycles. The zero-order chi connectivity index (χ0) is 19.6. The van der Waals surface area contributed by atoms with Crippen molar-refractivity contribution in [1.82, 2.24) is 14.7 Å². The molecule has 0 bridgehead atoms. The molecule has 0 aliphatic carbocycles. The zero-order valence-corrected chi connectivity index (χ0v) is 17.7. The number of thioether (sulfide) groups is 1. The number of halogens is 2. The molecule has 0 radical (unpaired) electrons. The van der Waals surface area contributed by atoms with Crippen molar-refractivity contribution in [2.45, 2.75) is 20.4 Å². The van der Waals surface area contributed by atoms with E-state index in [1.54, 1.807) is 18.1 Å². The first-order chi connectivity index (χ1) is 12.9. The Morgan fingerprint density at radius 3 is 2.78 bits per heavy atom. The number of amides is 1. The summed E-state index contributed by atoms with van der Waals surface area (Å²) in [5, 5.41) is 6.34. The molecule has 144 valence electrons. The van der Waals surface area contributed by atoms with Crippen molar-refractivity contribution in [3.8, 4) is 0 Å². The van der Waals surface area contributed by atoms with E-state index in [2.05, 4.69) is 5.10 Å². The van der Waals surface area contributed by atoms with E-state index < -0.39 is 0 Å². The van der Waals surface area contributed by atoms with Gasteiger partial charge in [0.15, 0.2) is 5.17 Å². The van der Waals surface area contributed by atoms with Crippen molar-refractivity contribution in [3.63, 3.8) is 0 Å². The maximum atomic E-state index is 12.1. The van der Waals surface area contributed by atoms with E-state index in [0.717, 1.165) is 22.6 Å². The number of hydrogen-bond donors (Lipinski definition) is 0. The van der Waals surface area contributed by atoms with Crippen LogP contribution in [0.5, 0.6) is 0 Å². The lowest BCUT2D eigenvalue weighted by Gasteiger charge is -2.15. The lowest BCUT2D eigenvalue weighted by atomic mass is 10.2. The van der Waals surface area contributed by atoms with E-state index in [-0.39, 0.29) is 5.91 Å². The molecule has 1 aliphatic rings. The number of aromatic nitrogens is 2. The van der Waals surface area contributed by atoms with Crippen LogP contribution in [0.1, 0.15) is 17.0 Å². The molecule has 27 heavy (non-hydrogen) atoms. The van der Waals surface area contributed by atoms with Crippen LogP contribution in [0.4, 0.5) is 5.69 Å². The summed E-state index contributed by atoms with van der Waals surface area (Å²) in [6.07, 6.45) is 0. The fourth-order valence-electron chi connectivity index (χ4n) is 2.79. The number of hydrogen-bond acceptors (Lipinski definition) is 5. The number of ether oxygens (including phenoxy) is 1. The van der Waals surface area contributed by atoms with E-state index >= 15 is 0 Å². The Morgan fingerprint density at radius 2 is 2.07 bits per heavy atom. The summed E-state index contributed by atoms with van der Waals surface area (Å²) >= 11 is 13.5. The van der Waals surface area contributed by atoms with Crippen LogP contribution in [0, 0.1) is 13.8 Å². The minimum atomic E-state index is 0.0503. The molecule has 0 saturated carbocycles. The molecule has 0 N–H and O–H groups in total. The average Bonchev–Trinajstić information content (AvgIpc) is 3.11. The van der Waals surface area contributed by atoms with Gasteiger partial charge in [-0.05, 0) is 31.5 Å². The number of methoxy groups -OCH3 is 1. The predicted molar refractivity (Wildman–Crippen MR) is 110 cm³/mol. The number of benzene rings is 1. The van der Waals surface area contributed by atoms with E-state index in [9.17, 15) is 4.79 Å². The molecule has 1 fully saturated rings. The Balaban J connectivity index is 1.87. The highest BCUT2D eigenvalue weighted by Gasteiger charge is 2.28. The van der Waals surface area contributed by atoms with Crippen LogP contribution in [-0.2, 0) is 16.1 Å². The second-order valence-electron chi connectivity index (χ2n) is 6.15. The molecule has 0 spiro atoms. The molecule has 1 aromatic heterocycles. The minimum absolute atomic E-state index is 0.0503. The van der Waals surface area contributed by atoms with Crippen LogP contribution in [0.3, 0.4) is 0 Å². The van der Waals surface area contributed by atoms with Crippen molar-refractivity contribution in [1.29, 1.82) is 0 Å². The standard InChI is InChI=1S/C18H20Cl2N4O2S/c1-11-17(21-18-23(6-7-26-3)16(25)10-27-18)12(2)24(22-11)9-13-4-5-14(19)15(20)8-13/h4-5,8H,6-7,9-10H2,1-3H3. The molecule has 0 atom stereocenters. The summed E-state index contributed by atoms with van der Waals surface area (Å²) in [5.41, 5.74) is 3.53. The van der Waals surface area contributed by atoms with Gasteiger partial charge in [0.05, 0.1) is 46.9 Å². The quantitative estimate of drug-likeness (QED) is 0.698. The van der Waals surface area contributed by atoms with Gasteiger partial charge in [0, 0.05) is 7.11 Å². The number of carbonyl (C=O) groups excluding carboxylic acids is 1. The Bertz CT molecular complexity index is 898. The molecule has 2 aromatic rings. The molecule has 1 saturated heterocycles. The summed E-state index contributed by atoms with van der Waals surface area (Å²) < 4.78 is 6.98.